The van der Waals surface area contributed by atoms with Crippen molar-refractivity contribution in [2.24, 2.45) is 0 Å². The molecular formula is C17H9N5. The Bertz CT molecular complexity index is 1020. The highest BCUT2D eigenvalue weighted by Crippen LogP contribution is 2.44. The molecule has 0 bridgehead atoms. The van der Waals surface area contributed by atoms with Crippen LogP contribution in [0.4, 0.5) is 0 Å². The van der Waals surface area contributed by atoms with Crippen molar-refractivity contribution < 1.29 is 0 Å². The maximum Gasteiger partial charge on any atom is 0.202 e. The highest BCUT2D eigenvalue weighted by molar-refractivity contribution is 6.13. The maximum atomic E-state index is 4.69. The van der Waals surface area contributed by atoms with E-state index in [-0.39, 0.29) is 0 Å². The molecule has 0 radical (unpaired) electrons. The number of nitrogens with zero attached hydrogens (tertiary/aromatic N) is 5. The van der Waals surface area contributed by atoms with Gasteiger partial charge in [0.05, 0.1) is 6.20 Å². The predicted molar refractivity (Wildman–Crippen MR) is 82.8 cm³/mol. The van der Waals surface area contributed by atoms with Crippen LogP contribution in [0.1, 0.15) is 0 Å². The van der Waals surface area contributed by atoms with Crippen LogP contribution >= 0.6 is 0 Å². The molecule has 0 amide bonds. The standard InChI is InChI=1S/C17H9N5/c1-3-10-4-2-6-12-14(10)11(5-1)15-16(12)21-22-17(20-15)13-9-18-7-8-19-13/h1-9H. The van der Waals surface area contributed by atoms with Gasteiger partial charge in [-0.25, -0.2) is 9.97 Å². The summed E-state index contributed by atoms with van der Waals surface area (Å²) in [6, 6.07) is 12.4. The molecule has 0 fully saturated rings. The first-order valence-electron chi connectivity index (χ1n) is 6.95. The molecule has 0 N–H and O–H groups in total. The summed E-state index contributed by atoms with van der Waals surface area (Å²) in [6.45, 7) is 0. The average Bonchev–Trinajstić information content (AvgIpc) is 2.92. The van der Waals surface area contributed by atoms with E-state index in [9.17, 15) is 0 Å². The zero-order valence-corrected chi connectivity index (χ0v) is 11.4. The minimum Gasteiger partial charge on any atom is -0.261 e. The van der Waals surface area contributed by atoms with Crippen LogP contribution in [-0.2, 0) is 0 Å². The van der Waals surface area contributed by atoms with E-state index < -0.39 is 0 Å². The molecule has 4 aromatic rings. The van der Waals surface area contributed by atoms with Crippen molar-refractivity contribution >= 4 is 10.8 Å². The molecule has 2 heterocycles. The van der Waals surface area contributed by atoms with E-state index in [1.54, 1.807) is 18.6 Å². The fourth-order valence-electron chi connectivity index (χ4n) is 2.95. The van der Waals surface area contributed by atoms with Gasteiger partial charge < -0.3 is 0 Å². The van der Waals surface area contributed by atoms with Gasteiger partial charge >= 0.3 is 0 Å². The highest BCUT2D eigenvalue weighted by Gasteiger charge is 2.25. The Labute approximate surface area is 125 Å². The lowest BCUT2D eigenvalue weighted by Crippen LogP contribution is -1.98. The van der Waals surface area contributed by atoms with Crippen molar-refractivity contribution in [3.05, 3.63) is 55.0 Å². The minimum absolute atomic E-state index is 0.497. The number of hydrogen-bond donors (Lipinski definition) is 0. The van der Waals surface area contributed by atoms with Crippen molar-refractivity contribution in [3.8, 4) is 34.0 Å². The van der Waals surface area contributed by atoms with Crippen LogP contribution < -0.4 is 0 Å². The number of benzene rings is 2. The molecule has 0 spiro atoms. The summed E-state index contributed by atoms with van der Waals surface area (Å²) in [5.74, 6) is 0.497. The SMILES string of the molecule is c1cc2c3c(cccc3c1)-c1nc(-c3cnccn3)nnc1-2. The van der Waals surface area contributed by atoms with Gasteiger partial charge in [0, 0.05) is 28.9 Å². The van der Waals surface area contributed by atoms with Crippen LogP contribution in [0.2, 0.25) is 0 Å². The summed E-state index contributed by atoms with van der Waals surface area (Å²) < 4.78 is 0. The number of rotatable bonds is 1. The van der Waals surface area contributed by atoms with E-state index in [1.165, 1.54) is 10.8 Å². The van der Waals surface area contributed by atoms with Crippen LogP contribution in [0.25, 0.3) is 44.8 Å². The van der Waals surface area contributed by atoms with Crippen LogP contribution in [0.15, 0.2) is 55.0 Å². The van der Waals surface area contributed by atoms with Gasteiger partial charge in [-0.1, -0.05) is 36.4 Å². The highest BCUT2D eigenvalue weighted by atomic mass is 15.2. The van der Waals surface area contributed by atoms with Gasteiger partial charge in [0.15, 0.2) is 0 Å². The second-order valence-corrected chi connectivity index (χ2v) is 5.13. The second kappa shape index (κ2) is 4.14. The van der Waals surface area contributed by atoms with Crippen molar-refractivity contribution in [3.63, 3.8) is 0 Å². The van der Waals surface area contributed by atoms with Gasteiger partial charge in [-0.15, -0.1) is 10.2 Å². The summed E-state index contributed by atoms with van der Waals surface area (Å²) in [6.07, 6.45) is 4.90. The average molecular weight is 283 g/mol. The van der Waals surface area contributed by atoms with Gasteiger partial charge in [0.2, 0.25) is 5.82 Å². The zero-order chi connectivity index (χ0) is 14.5. The second-order valence-electron chi connectivity index (χ2n) is 5.13. The fraction of sp³-hybridized carbons (Fsp3) is 0. The lowest BCUT2D eigenvalue weighted by atomic mass is 10.0. The third-order valence-electron chi connectivity index (χ3n) is 3.89. The van der Waals surface area contributed by atoms with E-state index in [0.717, 1.165) is 22.5 Å². The summed E-state index contributed by atoms with van der Waals surface area (Å²) in [5, 5.41) is 11.0. The molecule has 1 aliphatic carbocycles. The Morgan fingerprint density at radius 2 is 1.59 bits per heavy atom. The number of aromatic nitrogens is 5. The number of fused-ring (bicyclic) bond motifs is 3. The lowest BCUT2D eigenvalue weighted by Gasteiger charge is -2.02. The third-order valence-corrected chi connectivity index (χ3v) is 3.89. The van der Waals surface area contributed by atoms with Crippen molar-refractivity contribution in [2.45, 2.75) is 0 Å². The molecule has 0 saturated heterocycles. The minimum atomic E-state index is 0.497. The largest absolute Gasteiger partial charge is 0.261 e. The van der Waals surface area contributed by atoms with E-state index in [0.29, 0.717) is 11.5 Å². The Kier molecular flexibility index (Phi) is 2.16. The van der Waals surface area contributed by atoms with Crippen molar-refractivity contribution in [1.82, 2.24) is 25.1 Å². The predicted octanol–water partition coefficient (Wildman–Crippen LogP) is 3.13. The molecule has 0 atom stereocenters. The Morgan fingerprint density at radius 1 is 0.773 bits per heavy atom. The molecule has 22 heavy (non-hydrogen) atoms. The van der Waals surface area contributed by atoms with Gasteiger partial charge in [-0.3, -0.25) is 4.98 Å². The molecule has 0 aliphatic heterocycles. The topological polar surface area (TPSA) is 64.5 Å². The molecule has 5 heteroatoms. The molecule has 1 aliphatic rings. The first kappa shape index (κ1) is 11.4. The Morgan fingerprint density at radius 3 is 2.36 bits per heavy atom. The normalized spacial score (nSPS) is 11.6. The van der Waals surface area contributed by atoms with Crippen LogP contribution in [0, 0.1) is 0 Å². The van der Waals surface area contributed by atoms with Crippen molar-refractivity contribution in [1.29, 1.82) is 0 Å². The summed E-state index contributed by atoms with van der Waals surface area (Å²) in [5.41, 5.74) is 4.51. The van der Waals surface area contributed by atoms with Gasteiger partial charge in [-0.05, 0) is 5.39 Å². The molecule has 0 saturated carbocycles. The quantitative estimate of drug-likeness (QED) is 0.473. The van der Waals surface area contributed by atoms with Gasteiger partial charge in [-0.2, -0.15) is 0 Å². The van der Waals surface area contributed by atoms with Crippen LogP contribution in [0.5, 0.6) is 0 Å². The van der Waals surface area contributed by atoms with Gasteiger partial charge in [0.25, 0.3) is 0 Å². The molecule has 2 aromatic carbocycles. The maximum absolute atomic E-state index is 4.69. The Balaban J connectivity index is 1.82. The Hall–Kier alpha value is -3.21. The molecule has 5 nitrogen and oxygen atoms in total. The molecule has 2 aromatic heterocycles. The first-order valence-corrected chi connectivity index (χ1v) is 6.95. The monoisotopic (exact) mass is 283 g/mol. The smallest absolute Gasteiger partial charge is 0.202 e. The van der Waals surface area contributed by atoms with Gasteiger partial charge in [0.1, 0.15) is 17.1 Å². The molecule has 0 unspecified atom stereocenters. The van der Waals surface area contributed by atoms with Crippen molar-refractivity contribution in [2.75, 3.05) is 0 Å². The van der Waals surface area contributed by atoms with Crippen LogP contribution in [-0.4, -0.2) is 25.1 Å². The molecular weight excluding hydrogens is 274 g/mol. The lowest BCUT2D eigenvalue weighted by molar-refractivity contribution is 0.981. The van der Waals surface area contributed by atoms with E-state index in [2.05, 4.69) is 49.4 Å². The summed E-state index contributed by atoms with van der Waals surface area (Å²) >= 11 is 0. The van der Waals surface area contributed by atoms with E-state index in [4.69, 9.17) is 0 Å². The number of hydrogen-bond acceptors (Lipinski definition) is 5. The van der Waals surface area contributed by atoms with E-state index in [1.807, 2.05) is 12.1 Å². The zero-order valence-electron chi connectivity index (χ0n) is 11.4. The summed E-state index contributed by atoms with van der Waals surface area (Å²) in [4.78, 5) is 13.0. The van der Waals surface area contributed by atoms with E-state index >= 15 is 0 Å². The molecule has 102 valence electrons. The fourth-order valence-corrected chi connectivity index (χ4v) is 2.95. The summed E-state index contributed by atoms with van der Waals surface area (Å²) in [7, 11) is 0. The third kappa shape index (κ3) is 1.45. The van der Waals surface area contributed by atoms with Crippen LogP contribution in [0.3, 0.4) is 0 Å². The first-order chi connectivity index (χ1) is 10.9. The molecule has 5 rings (SSSR count).